The molecule has 0 saturated carbocycles. The molecule has 0 spiro atoms. The maximum absolute atomic E-state index is 13.9. The van der Waals surface area contributed by atoms with Gasteiger partial charge in [-0.2, -0.15) is 0 Å². The lowest BCUT2D eigenvalue weighted by atomic mass is 9.49. The Hall–Kier alpha value is -3.48. The largest absolute Gasteiger partial charge is 0.496 e. The molecule has 41 heavy (non-hydrogen) atoms. The van der Waals surface area contributed by atoms with Gasteiger partial charge in [-0.3, -0.25) is 0 Å². The van der Waals surface area contributed by atoms with Crippen LogP contribution in [-0.4, -0.2) is 44.0 Å². The number of ether oxygens (including phenoxy) is 4. The molecule has 0 bridgehead atoms. The van der Waals surface area contributed by atoms with E-state index >= 15 is 0 Å². The molecule has 0 fully saturated rings. The Balaban J connectivity index is 1.70. The van der Waals surface area contributed by atoms with Crippen LogP contribution in [0.4, 0.5) is 4.79 Å². The van der Waals surface area contributed by atoms with E-state index in [0.717, 1.165) is 40.2 Å². The Kier molecular flexibility index (Phi) is 8.49. The topological polar surface area (TPSA) is 83.1 Å². The van der Waals surface area contributed by atoms with E-state index in [9.17, 15) is 9.59 Å². The normalized spacial score (nSPS) is 23.7. The van der Waals surface area contributed by atoms with Crippen molar-refractivity contribution in [2.75, 3.05) is 14.2 Å². The van der Waals surface area contributed by atoms with E-state index in [1.54, 1.807) is 35.0 Å². The highest BCUT2D eigenvalue weighted by Crippen LogP contribution is 2.60. The molecule has 0 aliphatic heterocycles. The van der Waals surface area contributed by atoms with Crippen LogP contribution in [0.15, 0.2) is 54.1 Å². The minimum atomic E-state index is -0.914. The van der Waals surface area contributed by atoms with Gasteiger partial charge in [-0.15, -0.1) is 0 Å². The van der Waals surface area contributed by atoms with Crippen molar-refractivity contribution in [1.82, 2.24) is 5.32 Å². The van der Waals surface area contributed by atoms with Crippen molar-refractivity contribution in [2.45, 2.75) is 90.9 Å². The molecule has 4 atom stereocenters. The maximum Gasteiger partial charge on any atom is 0.408 e. The summed E-state index contributed by atoms with van der Waals surface area (Å²) in [5.41, 5.74) is 2.74. The number of fused-ring (bicyclic) bond motifs is 2. The lowest BCUT2D eigenvalue weighted by Gasteiger charge is -2.56. The van der Waals surface area contributed by atoms with Gasteiger partial charge in [0, 0.05) is 23.0 Å². The molecule has 2 aromatic rings. The SMILES string of the molecule is COc1ccc(OC)c2c1C[C@]1(C)C(OC(=O)C(Cc3ccccc3)NC(=O)OC(C)(C)C)C(C)=CC[C@H]1C2(C)C. The van der Waals surface area contributed by atoms with Crippen LogP contribution < -0.4 is 14.8 Å². The molecule has 7 heteroatoms. The Morgan fingerprint density at radius 3 is 2.24 bits per heavy atom. The first-order chi connectivity index (χ1) is 19.2. The number of alkyl carbamates (subject to hydrolysis) is 1. The van der Waals surface area contributed by atoms with Gasteiger partial charge in [0.05, 0.1) is 14.2 Å². The summed E-state index contributed by atoms with van der Waals surface area (Å²) >= 11 is 0. The number of carbonyl (C=O) groups is 2. The number of rotatable bonds is 7. The molecule has 0 radical (unpaired) electrons. The predicted octanol–water partition coefficient (Wildman–Crippen LogP) is 6.56. The highest BCUT2D eigenvalue weighted by Gasteiger charge is 2.57. The molecule has 222 valence electrons. The van der Waals surface area contributed by atoms with Gasteiger partial charge in [0.2, 0.25) is 0 Å². The standard InChI is InChI=1S/C34H45NO6/c1-21-15-18-27-33(5,6)28-23(25(38-8)16-17-26(28)39-9)20-34(27,7)29(21)40-30(36)24(19-22-13-11-10-12-14-22)35-31(37)41-32(2,3)4/h10-17,24,27,29H,18-20H2,1-9H3,(H,35,37)/t24?,27-,29?,34-/m0/s1. The highest BCUT2D eigenvalue weighted by molar-refractivity contribution is 5.82. The third-order valence-corrected chi connectivity index (χ3v) is 8.72. The van der Waals surface area contributed by atoms with Crippen molar-refractivity contribution in [1.29, 1.82) is 0 Å². The Morgan fingerprint density at radius 2 is 1.63 bits per heavy atom. The minimum absolute atomic E-state index is 0.163. The van der Waals surface area contributed by atoms with E-state index in [0.29, 0.717) is 6.42 Å². The van der Waals surface area contributed by atoms with Crippen molar-refractivity contribution in [2.24, 2.45) is 11.3 Å². The monoisotopic (exact) mass is 563 g/mol. The van der Waals surface area contributed by atoms with Crippen LogP contribution in [0.25, 0.3) is 0 Å². The lowest BCUT2D eigenvalue weighted by Crippen LogP contribution is -2.56. The van der Waals surface area contributed by atoms with Crippen molar-refractivity contribution >= 4 is 12.1 Å². The molecule has 2 aliphatic carbocycles. The first kappa shape index (κ1) is 30.5. The molecule has 2 aromatic carbocycles. The fraction of sp³-hybridized carbons (Fsp3) is 0.529. The van der Waals surface area contributed by atoms with E-state index in [2.05, 4.69) is 32.2 Å². The highest BCUT2D eigenvalue weighted by atomic mass is 16.6. The number of amides is 1. The molecule has 7 nitrogen and oxygen atoms in total. The van der Waals surface area contributed by atoms with Gasteiger partial charge in [-0.05, 0) is 75.1 Å². The molecule has 0 aromatic heterocycles. The van der Waals surface area contributed by atoms with E-state index in [1.165, 1.54) is 0 Å². The number of nitrogens with one attached hydrogen (secondary N) is 1. The van der Waals surface area contributed by atoms with Crippen molar-refractivity contribution in [3.8, 4) is 11.5 Å². The van der Waals surface area contributed by atoms with Crippen LogP contribution in [-0.2, 0) is 32.5 Å². The summed E-state index contributed by atoms with van der Waals surface area (Å²) in [5.74, 6) is 1.33. The zero-order valence-corrected chi connectivity index (χ0v) is 25.9. The smallest absolute Gasteiger partial charge is 0.408 e. The van der Waals surface area contributed by atoms with E-state index in [-0.39, 0.29) is 17.8 Å². The molecule has 0 saturated heterocycles. The quantitative estimate of drug-likeness (QED) is 0.304. The molecular formula is C34H45NO6. The van der Waals surface area contributed by atoms with E-state index in [1.807, 2.05) is 49.4 Å². The fourth-order valence-electron chi connectivity index (χ4n) is 7.04. The number of hydrogen-bond donors (Lipinski definition) is 1. The fourth-order valence-corrected chi connectivity index (χ4v) is 7.04. The maximum atomic E-state index is 13.9. The van der Waals surface area contributed by atoms with Crippen LogP contribution in [0.1, 0.15) is 71.6 Å². The minimum Gasteiger partial charge on any atom is -0.496 e. The van der Waals surface area contributed by atoms with Gasteiger partial charge >= 0.3 is 12.1 Å². The molecule has 2 aliphatic rings. The number of allylic oxidation sites excluding steroid dienone is 1. The van der Waals surface area contributed by atoms with Crippen LogP contribution in [0.3, 0.4) is 0 Å². The van der Waals surface area contributed by atoms with Gasteiger partial charge in [0.25, 0.3) is 0 Å². The van der Waals surface area contributed by atoms with Crippen molar-refractivity contribution < 1.29 is 28.5 Å². The summed E-state index contributed by atoms with van der Waals surface area (Å²) in [6.07, 6.45) is 2.84. The molecular weight excluding hydrogens is 518 g/mol. The first-order valence-corrected chi connectivity index (χ1v) is 14.4. The number of esters is 1. The predicted molar refractivity (Wildman–Crippen MR) is 159 cm³/mol. The van der Waals surface area contributed by atoms with Crippen LogP contribution in [0.5, 0.6) is 11.5 Å². The van der Waals surface area contributed by atoms with Gasteiger partial charge in [0.15, 0.2) is 0 Å². The number of methoxy groups -OCH3 is 2. The van der Waals surface area contributed by atoms with Crippen molar-refractivity contribution in [3.63, 3.8) is 0 Å². The zero-order chi connectivity index (χ0) is 30.2. The molecule has 0 heterocycles. The second-order valence-electron chi connectivity index (χ2n) is 13.2. The van der Waals surface area contributed by atoms with Crippen LogP contribution >= 0.6 is 0 Å². The summed E-state index contributed by atoms with van der Waals surface area (Å²) in [5, 5.41) is 2.78. The third kappa shape index (κ3) is 6.09. The summed E-state index contributed by atoms with van der Waals surface area (Å²) in [4.78, 5) is 26.7. The summed E-state index contributed by atoms with van der Waals surface area (Å²) in [7, 11) is 3.38. The summed E-state index contributed by atoms with van der Waals surface area (Å²) in [6.45, 7) is 14.1. The van der Waals surface area contributed by atoms with E-state index in [4.69, 9.17) is 18.9 Å². The third-order valence-electron chi connectivity index (χ3n) is 8.72. The summed E-state index contributed by atoms with van der Waals surface area (Å²) < 4.78 is 23.6. The molecule has 1 amide bonds. The Bertz CT molecular complexity index is 1310. The average molecular weight is 564 g/mol. The van der Waals surface area contributed by atoms with Crippen LogP contribution in [0.2, 0.25) is 0 Å². The van der Waals surface area contributed by atoms with Gasteiger partial charge in [-0.25, -0.2) is 9.59 Å². The van der Waals surface area contributed by atoms with Crippen molar-refractivity contribution in [3.05, 3.63) is 70.8 Å². The molecule has 2 unspecified atom stereocenters. The van der Waals surface area contributed by atoms with Gasteiger partial charge in [0.1, 0.15) is 29.2 Å². The zero-order valence-electron chi connectivity index (χ0n) is 25.9. The second kappa shape index (κ2) is 11.4. The summed E-state index contributed by atoms with van der Waals surface area (Å²) in [6, 6.07) is 12.6. The van der Waals surface area contributed by atoms with E-state index < -0.39 is 35.2 Å². The number of benzene rings is 2. The van der Waals surface area contributed by atoms with Gasteiger partial charge in [-0.1, -0.05) is 57.2 Å². The Labute approximate surface area is 244 Å². The molecule has 1 N–H and O–H groups in total. The Morgan fingerprint density at radius 1 is 1.00 bits per heavy atom. The first-order valence-electron chi connectivity index (χ1n) is 14.4. The molecule has 4 rings (SSSR count). The number of carbonyl (C=O) groups excluding carboxylic acids is 2. The lowest BCUT2D eigenvalue weighted by molar-refractivity contribution is -0.161. The average Bonchev–Trinajstić information content (AvgIpc) is 2.89. The second-order valence-corrected chi connectivity index (χ2v) is 13.2. The van der Waals surface area contributed by atoms with Gasteiger partial charge < -0.3 is 24.3 Å². The van der Waals surface area contributed by atoms with Crippen LogP contribution in [0, 0.1) is 11.3 Å². The number of hydrogen-bond acceptors (Lipinski definition) is 6.